The van der Waals surface area contributed by atoms with Crippen molar-refractivity contribution in [3.63, 3.8) is 0 Å². The minimum atomic E-state index is -4.39. The number of hydrogen-bond acceptors (Lipinski definition) is 3. The number of hydrogen-bond donors (Lipinski definition) is 1. The Morgan fingerprint density at radius 3 is 2.47 bits per heavy atom. The summed E-state index contributed by atoms with van der Waals surface area (Å²) in [6.45, 7) is 7.08. The molecule has 32 heavy (non-hydrogen) atoms. The summed E-state index contributed by atoms with van der Waals surface area (Å²) in [4.78, 5) is 17.8. The van der Waals surface area contributed by atoms with Crippen LogP contribution in [-0.4, -0.2) is 20.6 Å². The maximum atomic E-state index is 13.0. The zero-order valence-corrected chi connectivity index (χ0v) is 19.0. The third kappa shape index (κ3) is 4.25. The van der Waals surface area contributed by atoms with Crippen LogP contribution in [0.5, 0.6) is 0 Å². The maximum Gasteiger partial charge on any atom is 0.416 e. The smallest absolute Gasteiger partial charge is 0.416 e. The molecule has 4 rings (SSSR count). The van der Waals surface area contributed by atoms with Gasteiger partial charge in [-0.1, -0.05) is 32.5 Å². The van der Waals surface area contributed by atoms with Gasteiger partial charge in [0, 0.05) is 39.5 Å². The molecule has 1 aliphatic heterocycles. The predicted octanol–water partition coefficient (Wildman–Crippen LogP) is 6.86. The van der Waals surface area contributed by atoms with E-state index in [2.05, 4.69) is 30.3 Å². The monoisotopic (exact) mass is 462 g/mol. The number of carboxylic acid groups (broad SMARTS) is 1. The summed E-state index contributed by atoms with van der Waals surface area (Å²) in [5.74, 6) is -1.02. The lowest BCUT2D eigenvalue weighted by molar-refractivity contribution is -0.138. The lowest BCUT2D eigenvalue weighted by Crippen LogP contribution is -2.18. The average molecular weight is 463 g/mol. The van der Waals surface area contributed by atoms with Crippen LogP contribution in [0, 0.1) is 0 Å². The second-order valence-corrected chi connectivity index (χ2v) is 10.3. The van der Waals surface area contributed by atoms with E-state index in [-0.39, 0.29) is 17.8 Å². The van der Waals surface area contributed by atoms with Gasteiger partial charge in [-0.15, -0.1) is 0 Å². The summed E-state index contributed by atoms with van der Waals surface area (Å²) in [6.07, 6.45) is -0.971. The van der Waals surface area contributed by atoms with Crippen molar-refractivity contribution in [2.45, 2.75) is 73.9 Å². The van der Waals surface area contributed by atoms with Crippen LogP contribution >= 0.6 is 11.8 Å². The van der Waals surface area contributed by atoms with Gasteiger partial charge in [-0.2, -0.15) is 13.2 Å². The molecule has 0 saturated heterocycles. The zero-order chi connectivity index (χ0) is 23.3. The van der Waals surface area contributed by atoms with Gasteiger partial charge in [0.05, 0.1) is 12.0 Å². The third-order valence-electron chi connectivity index (χ3n) is 5.89. The Balaban J connectivity index is 1.92. The number of fused-ring (bicyclic) bond motifs is 3. The van der Waals surface area contributed by atoms with Crippen molar-refractivity contribution in [2.75, 3.05) is 0 Å². The van der Waals surface area contributed by atoms with Gasteiger partial charge in [-0.3, -0.25) is 4.79 Å². The summed E-state index contributed by atoms with van der Waals surface area (Å²) >= 11 is 1.40. The van der Waals surface area contributed by atoms with Crippen molar-refractivity contribution in [1.29, 1.82) is 0 Å². The molecule has 170 valence electrons. The predicted molar refractivity (Wildman–Crippen MR) is 118 cm³/mol. The van der Waals surface area contributed by atoms with Gasteiger partial charge < -0.3 is 9.67 Å². The Hall–Kier alpha value is -2.48. The zero-order valence-electron chi connectivity index (χ0n) is 18.2. The molecule has 1 atom stereocenters. The van der Waals surface area contributed by atoms with E-state index >= 15 is 0 Å². The van der Waals surface area contributed by atoms with Gasteiger partial charge >= 0.3 is 12.1 Å². The number of carbonyl (C=O) groups is 1. The number of aromatic nitrogens is 2. The molecular weight excluding hydrogens is 437 g/mol. The van der Waals surface area contributed by atoms with Gasteiger partial charge in [-0.25, -0.2) is 4.98 Å². The fourth-order valence-electron chi connectivity index (χ4n) is 4.48. The van der Waals surface area contributed by atoms with E-state index in [1.807, 2.05) is 6.07 Å². The molecule has 1 N–H and O–H groups in total. The van der Waals surface area contributed by atoms with E-state index in [0.717, 1.165) is 58.7 Å². The van der Waals surface area contributed by atoms with Crippen LogP contribution in [0.15, 0.2) is 46.3 Å². The van der Waals surface area contributed by atoms with E-state index in [1.54, 1.807) is 6.20 Å². The average Bonchev–Trinajstić information content (AvgIpc) is 3.01. The molecule has 0 spiro atoms. The van der Waals surface area contributed by atoms with Gasteiger partial charge in [0.2, 0.25) is 0 Å². The lowest BCUT2D eigenvalue weighted by Gasteiger charge is -2.25. The number of halogens is 3. The highest BCUT2D eigenvalue weighted by Gasteiger charge is 2.33. The largest absolute Gasteiger partial charge is 0.481 e. The van der Waals surface area contributed by atoms with Crippen LogP contribution < -0.4 is 0 Å². The number of aryl methyl sites for hydroxylation is 1. The molecule has 0 aliphatic carbocycles. The SMILES string of the molecule is CC(C)(C)c1ccnc2c1c(Sc1ccc(C(F)(F)F)cc1)c1n2CCCC1CC(=O)O. The van der Waals surface area contributed by atoms with Crippen molar-refractivity contribution in [3.8, 4) is 0 Å². The highest BCUT2D eigenvalue weighted by molar-refractivity contribution is 7.99. The molecule has 3 aromatic rings. The van der Waals surface area contributed by atoms with E-state index in [4.69, 9.17) is 0 Å². The summed E-state index contributed by atoms with van der Waals surface area (Å²) in [6, 6.07) is 7.11. The summed E-state index contributed by atoms with van der Waals surface area (Å²) in [5, 5.41) is 10.5. The number of aliphatic carboxylic acids is 1. The standard InChI is InChI=1S/C24H25F3N2O2S/c1-23(2,3)17-10-11-28-22-19(17)21(20-14(13-18(30)31)5-4-12-29(20)22)32-16-8-6-15(7-9-16)24(25,26)27/h6-11,14H,4-5,12-13H2,1-3H3,(H,30,31). The van der Waals surface area contributed by atoms with Crippen LogP contribution in [0.25, 0.3) is 11.0 Å². The van der Waals surface area contributed by atoms with Gasteiger partial charge in [0.25, 0.3) is 0 Å². The molecule has 4 nitrogen and oxygen atoms in total. The number of carboxylic acids is 1. The van der Waals surface area contributed by atoms with E-state index < -0.39 is 17.7 Å². The molecule has 1 unspecified atom stereocenters. The van der Waals surface area contributed by atoms with Crippen LogP contribution in [-0.2, 0) is 22.9 Å². The third-order valence-corrected chi connectivity index (χ3v) is 7.01. The van der Waals surface area contributed by atoms with Gasteiger partial charge in [0.15, 0.2) is 0 Å². The molecule has 0 fully saturated rings. The Morgan fingerprint density at radius 1 is 1.19 bits per heavy atom. The first-order valence-electron chi connectivity index (χ1n) is 10.6. The highest BCUT2D eigenvalue weighted by atomic mass is 32.2. The molecule has 1 aromatic carbocycles. The van der Waals surface area contributed by atoms with Crippen molar-refractivity contribution in [2.24, 2.45) is 0 Å². The molecule has 0 bridgehead atoms. The molecular formula is C24H25F3N2O2S. The first kappa shape index (κ1) is 22.7. The molecule has 2 aromatic heterocycles. The van der Waals surface area contributed by atoms with Gasteiger partial charge in [0.1, 0.15) is 5.65 Å². The van der Waals surface area contributed by atoms with Gasteiger partial charge in [-0.05, 0) is 54.2 Å². The quantitative estimate of drug-likeness (QED) is 0.460. The molecule has 0 saturated carbocycles. The summed E-state index contributed by atoms with van der Waals surface area (Å²) < 4.78 is 41.2. The number of rotatable bonds is 4. The molecule has 1 aliphatic rings. The second-order valence-electron chi connectivity index (χ2n) is 9.23. The van der Waals surface area contributed by atoms with Crippen molar-refractivity contribution >= 4 is 28.8 Å². The number of alkyl halides is 3. The summed E-state index contributed by atoms with van der Waals surface area (Å²) in [7, 11) is 0. The Bertz CT molecular complexity index is 1160. The highest BCUT2D eigenvalue weighted by Crippen LogP contribution is 2.48. The minimum absolute atomic E-state index is 0.0156. The Morgan fingerprint density at radius 2 is 1.88 bits per heavy atom. The number of benzene rings is 1. The van der Waals surface area contributed by atoms with Crippen LogP contribution in [0.2, 0.25) is 0 Å². The van der Waals surface area contributed by atoms with E-state index in [1.165, 1.54) is 23.9 Å². The van der Waals surface area contributed by atoms with E-state index in [9.17, 15) is 23.1 Å². The Kier molecular flexibility index (Phi) is 5.77. The fourth-order valence-corrected chi connectivity index (χ4v) is 5.67. The van der Waals surface area contributed by atoms with Crippen molar-refractivity contribution in [1.82, 2.24) is 9.55 Å². The Labute approximate surface area is 188 Å². The van der Waals surface area contributed by atoms with Crippen molar-refractivity contribution in [3.05, 3.63) is 53.3 Å². The molecule has 3 heterocycles. The maximum absolute atomic E-state index is 13.0. The summed E-state index contributed by atoms with van der Waals surface area (Å²) in [5.41, 5.74) is 1.97. The topological polar surface area (TPSA) is 55.1 Å². The molecule has 8 heteroatoms. The fraction of sp³-hybridized carbons (Fsp3) is 0.417. The second kappa shape index (κ2) is 8.14. The molecule has 0 amide bonds. The van der Waals surface area contributed by atoms with Crippen molar-refractivity contribution < 1.29 is 23.1 Å². The van der Waals surface area contributed by atoms with Crippen LogP contribution in [0.4, 0.5) is 13.2 Å². The number of nitrogens with zero attached hydrogens (tertiary/aromatic N) is 2. The van der Waals surface area contributed by atoms with E-state index in [0.29, 0.717) is 4.90 Å². The minimum Gasteiger partial charge on any atom is -0.481 e. The molecule has 0 radical (unpaired) electrons. The number of pyridine rings is 1. The normalized spacial score (nSPS) is 16.9. The first-order chi connectivity index (χ1) is 15.0. The van der Waals surface area contributed by atoms with Crippen LogP contribution in [0.1, 0.15) is 62.8 Å². The first-order valence-corrected chi connectivity index (χ1v) is 11.4. The van der Waals surface area contributed by atoms with Crippen LogP contribution in [0.3, 0.4) is 0 Å². The lowest BCUT2D eigenvalue weighted by atomic mass is 9.85.